The van der Waals surface area contributed by atoms with Crippen LogP contribution in [0.25, 0.3) is 0 Å². The van der Waals surface area contributed by atoms with Crippen LogP contribution < -0.4 is 15.0 Å². The van der Waals surface area contributed by atoms with Crippen LogP contribution in [-0.2, 0) is 15.1 Å². The van der Waals surface area contributed by atoms with E-state index in [4.69, 9.17) is 51.1 Å². The molecule has 2 aromatic rings. The third-order valence-corrected chi connectivity index (χ3v) is 8.91. The molecule has 0 radical (unpaired) electrons. The van der Waals surface area contributed by atoms with Crippen molar-refractivity contribution in [2.75, 3.05) is 23.9 Å². The molecule has 4 heterocycles. The van der Waals surface area contributed by atoms with E-state index >= 15 is 0 Å². The first-order valence-corrected chi connectivity index (χ1v) is 12.7. The van der Waals surface area contributed by atoms with Gasteiger partial charge in [-0.15, -0.1) is 0 Å². The molecular weight excluding hydrogens is 574 g/mol. The minimum absolute atomic E-state index is 0.0797. The number of hydrogen-bond donors (Lipinski definition) is 2. The maximum Gasteiger partial charge on any atom is 0.270 e. The molecular formula is C24H17Cl4F2N3O4. The van der Waals surface area contributed by atoms with E-state index in [0.29, 0.717) is 11.3 Å². The summed E-state index contributed by atoms with van der Waals surface area (Å²) in [5.41, 5.74) is -0.949. The lowest BCUT2D eigenvalue weighted by Crippen LogP contribution is -2.56. The molecule has 0 saturated carbocycles. The Hall–Kier alpha value is -2.14. The van der Waals surface area contributed by atoms with Crippen LogP contribution in [0.4, 0.5) is 20.2 Å². The van der Waals surface area contributed by atoms with Crippen LogP contribution in [-0.4, -0.2) is 47.7 Å². The number of benzene rings is 2. The van der Waals surface area contributed by atoms with Crippen LogP contribution in [0.2, 0.25) is 20.1 Å². The zero-order valence-electron chi connectivity index (χ0n) is 18.9. The van der Waals surface area contributed by atoms with E-state index in [-0.39, 0.29) is 50.1 Å². The summed E-state index contributed by atoms with van der Waals surface area (Å²) in [7, 11) is 1.37. The lowest BCUT2D eigenvalue weighted by atomic mass is 9.74. The van der Waals surface area contributed by atoms with Gasteiger partial charge in [-0.05, 0) is 30.7 Å². The van der Waals surface area contributed by atoms with Crippen LogP contribution in [0.3, 0.4) is 0 Å². The summed E-state index contributed by atoms with van der Waals surface area (Å²) in [4.78, 5) is 30.6. The Labute approximate surface area is 229 Å². The Morgan fingerprint density at radius 2 is 1.76 bits per heavy atom. The van der Waals surface area contributed by atoms with Gasteiger partial charge in [-0.1, -0.05) is 46.4 Å². The lowest BCUT2D eigenvalue weighted by Gasteiger charge is -2.41. The second kappa shape index (κ2) is 8.43. The number of amides is 2. The van der Waals surface area contributed by atoms with Gasteiger partial charge < -0.3 is 15.2 Å². The number of methoxy groups -OCH3 is 1. The summed E-state index contributed by atoms with van der Waals surface area (Å²) in [5, 5.41) is 14.9. The van der Waals surface area contributed by atoms with Crippen LogP contribution in [0.15, 0.2) is 35.9 Å². The summed E-state index contributed by atoms with van der Waals surface area (Å²) < 4.78 is 32.7. The van der Waals surface area contributed by atoms with Gasteiger partial charge >= 0.3 is 0 Å². The molecule has 0 bridgehead atoms. The van der Waals surface area contributed by atoms with Crippen LogP contribution in [0.1, 0.15) is 12.0 Å². The fourth-order valence-electron chi connectivity index (χ4n) is 6.54. The highest BCUT2D eigenvalue weighted by molar-refractivity contribution is 6.38. The van der Waals surface area contributed by atoms with Gasteiger partial charge in [0.25, 0.3) is 6.08 Å². The number of nitrogens with one attached hydrogen (secondary N) is 1. The van der Waals surface area contributed by atoms with Crippen LogP contribution in [0.5, 0.6) is 5.75 Å². The fraction of sp³-hybridized carbons (Fsp3) is 0.333. The normalized spacial score (nSPS) is 30.2. The van der Waals surface area contributed by atoms with Crippen molar-refractivity contribution in [3.05, 3.63) is 61.6 Å². The Kier molecular flexibility index (Phi) is 5.73. The van der Waals surface area contributed by atoms with Gasteiger partial charge in [0.2, 0.25) is 11.8 Å². The van der Waals surface area contributed by atoms with Gasteiger partial charge in [-0.2, -0.15) is 8.78 Å². The number of ether oxygens (including phenoxy) is 1. The molecule has 4 aliphatic heterocycles. The third kappa shape index (κ3) is 3.19. The molecule has 37 heavy (non-hydrogen) atoms. The van der Waals surface area contributed by atoms with Crippen LogP contribution >= 0.6 is 46.4 Å². The van der Waals surface area contributed by atoms with Crippen LogP contribution in [0, 0.1) is 11.8 Å². The van der Waals surface area contributed by atoms with Crippen molar-refractivity contribution in [2.24, 2.45) is 11.8 Å². The van der Waals surface area contributed by atoms with Crippen molar-refractivity contribution in [3.8, 4) is 5.75 Å². The number of halogens is 6. The molecule has 4 aliphatic rings. The number of anilines is 2. The van der Waals surface area contributed by atoms with E-state index < -0.39 is 47.5 Å². The molecule has 5 unspecified atom stereocenters. The van der Waals surface area contributed by atoms with Gasteiger partial charge in [0, 0.05) is 28.7 Å². The molecule has 3 saturated heterocycles. The molecule has 7 nitrogen and oxygen atoms in total. The largest absolute Gasteiger partial charge is 0.494 e. The summed E-state index contributed by atoms with van der Waals surface area (Å²) in [6.07, 6.45) is -3.44. The highest BCUT2D eigenvalue weighted by Gasteiger charge is 2.75. The van der Waals surface area contributed by atoms with E-state index in [1.807, 2.05) is 0 Å². The quantitative estimate of drug-likeness (QED) is 0.463. The predicted molar refractivity (Wildman–Crippen MR) is 135 cm³/mol. The van der Waals surface area contributed by atoms with Crippen molar-refractivity contribution >= 4 is 69.6 Å². The molecule has 0 aromatic heterocycles. The third-order valence-electron chi connectivity index (χ3n) is 7.83. The second-order valence-corrected chi connectivity index (χ2v) is 11.1. The number of hydrogen-bond acceptors (Lipinski definition) is 6. The number of imide groups is 1. The Bertz CT molecular complexity index is 1410. The minimum Gasteiger partial charge on any atom is -0.494 e. The summed E-state index contributed by atoms with van der Waals surface area (Å²) >= 11 is 25.3. The van der Waals surface area contributed by atoms with Crippen molar-refractivity contribution in [1.29, 1.82) is 0 Å². The average molecular weight is 591 g/mol. The number of fused-ring (bicyclic) bond motifs is 7. The standard InChI is InChI=1S/C24H17Cl4F2N3O4/c1-37-19-13(27)5-10(6-14(19)28)33-21(34)16-15-2-8(20(29)30)7-32(15)24(17(16)22(33)35)11-3-9(25)4-12(26)18(11)31-23(24)36/h3-6,15-17,23,31,36H,2,7H2,1H3. The zero-order chi connectivity index (χ0) is 26.5. The molecule has 0 aliphatic carbocycles. The molecule has 2 aromatic carbocycles. The number of carbonyl (C=O) groups is 2. The topological polar surface area (TPSA) is 82.1 Å². The minimum atomic E-state index is -1.85. The van der Waals surface area contributed by atoms with Crippen molar-refractivity contribution < 1.29 is 28.2 Å². The smallest absolute Gasteiger partial charge is 0.270 e. The first-order valence-electron chi connectivity index (χ1n) is 11.2. The summed E-state index contributed by atoms with van der Waals surface area (Å²) in [6, 6.07) is 4.98. The molecule has 2 amide bonds. The summed E-state index contributed by atoms with van der Waals surface area (Å²) in [5.74, 6) is -3.23. The SMILES string of the molecule is COc1c(Cl)cc(N2C(=O)C3C4CC(=C(F)F)CN4C4(c5cc(Cl)cc(Cl)c5NC4O)C3C2=O)cc1Cl. The van der Waals surface area contributed by atoms with E-state index in [1.54, 1.807) is 11.0 Å². The molecule has 5 atom stereocenters. The number of rotatable bonds is 2. The van der Waals surface area contributed by atoms with Crippen molar-refractivity contribution in [2.45, 2.75) is 24.2 Å². The maximum absolute atomic E-state index is 14.1. The second-order valence-electron chi connectivity index (χ2n) is 9.40. The summed E-state index contributed by atoms with van der Waals surface area (Å²) in [6.45, 7) is -0.233. The van der Waals surface area contributed by atoms with E-state index in [0.717, 1.165) is 4.90 Å². The first kappa shape index (κ1) is 25.2. The van der Waals surface area contributed by atoms with Gasteiger partial charge in [-0.3, -0.25) is 14.5 Å². The highest BCUT2D eigenvalue weighted by atomic mass is 35.5. The average Bonchev–Trinajstić information content (AvgIpc) is 3.50. The predicted octanol–water partition coefficient (Wildman–Crippen LogP) is 5.29. The number of aliphatic hydroxyl groups excluding tert-OH is 1. The van der Waals surface area contributed by atoms with Gasteiger partial charge in [0.1, 0.15) is 11.8 Å². The lowest BCUT2D eigenvalue weighted by molar-refractivity contribution is -0.127. The van der Waals surface area contributed by atoms with Gasteiger partial charge in [0.05, 0.1) is 45.4 Å². The molecule has 3 fully saturated rings. The zero-order valence-corrected chi connectivity index (χ0v) is 21.9. The maximum atomic E-state index is 14.1. The Morgan fingerprint density at radius 1 is 1.08 bits per heavy atom. The number of nitrogens with zero attached hydrogens (tertiary/aromatic N) is 2. The number of aliphatic hydroxyl groups is 1. The van der Waals surface area contributed by atoms with Crippen molar-refractivity contribution in [3.63, 3.8) is 0 Å². The molecule has 13 heteroatoms. The molecule has 1 spiro atoms. The Balaban J connectivity index is 1.57. The first-order chi connectivity index (χ1) is 17.5. The van der Waals surface area contributed by atoms with E-state index in [9.17, 15) is 23.5 Å². The van der Waals surface area contributed by atoms with Gasteiger partial charge in [-0.25, -0.2) is 4.90 Å². The van der Waals surface area contributed by atoms with Gasteiger partial charge in [0.15, 0.2) is 5.75 Å². The van der Waals surface area contributed by atoms with E-state index in [2.05, 4.69) is 5.32 Å². The van der Waals surface area contributed by atoms with Crippen molar-refractivity contribution in [1.82, 2.24) is 4.90 Å². The molecule has 2 N–H and O–H groups in total. The van der Waals surface area contributed by atoms with E-state index in [1.165, 1.54) is 25.3 Å². The number of carbonyl (C=O) groups excluding carboxylic acids is 2. The molecule has 194 valence electrons. The monoisotopic (exact) mass is 589 g/mol. The highest BCUT2D eigenvalue weighted by Crippen LogP contribution is 2.63. The Morgan fingerprint density at radius 3 is 2.38 bits per heavy atom. The fourth-order valence-corrected chi connectivity index (χ4v) is 7.72. The molecule has 6 rings (SSSR count).